The summed E-state index contributed by atoms with van der Waals surface area (Å²) in [6.07, 6.45) is 4.92. The summed E-state index contributed by atoms with van der Waals surface area (Å²) < 4.78 is 5.56. The van der Waals surface area contributed by atoms with Gasteiger partial charge in [0.05, 0.1) is 12.2 Å². The summed E-state index contributed by atoms with van der Waals surface area (Å²) >= 11 is 0. The molecule has 5 nitrogen and oxygen atoms in total. The maximum atomic E-state index is 10.6. The molecule has 2 unspecified atom stereocenters. The first-order valence-electron chi connectivity index (χ1n) is 7.95. The molecule has 2 N–H and O–H groups in total. The molecule has 1 aliphatic carbocycles. The number of aryl methyl sites for hydroxylation is 1. The van der Waals surface area contributed by atoms with E-state index in [2.05, 4.69) is 29.1 Å². The molecule has 2 atom stereocenters. The number of anilines is 1. The van der Waals surface area contributed by atoms with Crippen molar-refractivity contribution in [3.05, 3.63) is 11.8 Å². The van der Waals surface area contributed by atoms with Gasteiger partial charge in [-0.2, -0.15) is 4.98 Å². The van der Waals surface area contributed by atoms with E-state index < -0.39 is 5.60 Å². The quantitative estimate of drug-likeness (QED) is 0.844. The van der Waals surface area contributed by atoms with E-state index in [1.165, 1.54) is 6.42 Å². The van der Waals surface area contributed by atoms with Gasteiger partial charge in [0.1, 0.15) is 0 Å². The largest absolute Gasteiger partial charge is 0.478 e. The lowest BCUT2D eigenvalue weighted by Gasteiger charge is -2.35. The highest BCUT2D eigenvalue weighted by Crippen LogP contribution is 2.32. The number of ether oxygens (including phenoxy) is 1. The van der Waals surface area contributed by atoms with Gasteiger partial charge in [-0.15, -0.1) is 0 Å². The SMILES string of the molecule is CCCOc1cc(C)nc(NCC2(O)CCCC(C)C2)n1. The Bertz CT molecular complexity index is 467. The smallest absolute Gasteiger partial charge is 0.226 e. The molecule has 0 aliphatic heterocycles. The summed E-state index contributed by atoms with van der Waals surface area (Å²) in [4.78, 5) is 8.71. The van der Waals surface area contributed by atoms with Gasteiger partial charge in [-0.1, -0.05) is 26.7 Å². The van der Waals surface area contributed by atoms with Gasteiger partial charge in [0, 0.05) is 18.3 Å². The van der Waals surface area contributed by atoms with Crippen LogP contribution in [0, 0.1) is 12.8 Å². The molecule has 0 aromatic carbocycles. The fourth-order valence-electron chi connectivity index (χ4n) is 2.94. The van der Waals surface area contributed by atoms with Gasteiger partial charge in [0.15, 0.2) is 0 Å². The minimum atomic E-state index is -0.644. The summed E-state index contributed by atoms with van der Waals surface area (Å²) in [5.74, 6) is 1.70. The number of rotatable bonds is 6. The van der Waals surface area contributed by atoms with Crippen LogP contribution in [0.2, 0.25) is 0 Å². The van der Waals surface area contributed by atoms with Gasteiger partial charge in [-0.25, -0.2) is 4.98 Å². The van der Waals surface area contributed by atoms with E-state index in [0.29, 0.717) is 30.9 Å². The molecular weight excluding hydrogens is 266 g/mol. The van der Waals surface area contributed by atoms with Crippen LogP contribution in [0.25, 0.3) is 0 Å². The average Bonchev–Trinajstić information content (AvgIpc) is 2.42. The number of hydrogen-bond acceptors (Lipinski definition) is 5. The summed E-state index contributed by atoms with van der Waals surface area (Å²) in [5.41, 5.74) is 0.220. The highest BCUT2D eigenvalue weighted by Gasteiger charge is 2.32. The zero-order valence-corrected chi connectivity index (χ0v) is 13.4. The standard InChI is InChI=1S/C16H27N3O2/c1-4-8-21-14-9-13(3)18-15(19-14)17-11-16(20)7-5-6-12(2)10-16/h9,12,20H,4-8,10-11H2,1-3H3,(H,17,18,19). The zero-order valence-electron chi connectivity index (χ0n) is 13.4. The van der Waals surface area contributed by atoms with Crippen LogP contribution in [0.3, 0.4) is 0 Å². The summed E-state index contributed by atoms with van der Waals surface area (Å²) in [5, 5.41) is 13.8. The van der Waals surface area contributed by atoms with E-state index >= 15 is 0 Å². The number of aromatic nitrogens is 2. The molecule has 0 amide bonds. The predicted molar refractivity (Wildman–Crippen MR) is 83.6 cm³/mol. The Labute approximate surface area is 127 Å². The molecule has 21 heavy (non-hydrogen) atoms. The van der Waals surface area contributed by atoms with Crippen molar-refractivity contribution in [2.45, 2.75) is 58.5 Å². The van der Waals surface area contributed by atoms with Gasteiger partial charge in [-0.05, 0) is 32.1 Å². The minimum absolute atomic E-state index is 0.494. The fourth-order valence-corrected chi connectivity index (χ4v) is 2.94. The van der Waals surface area contributed by atoms with Crippen molar-refractivity contribution < 1.29 is 9.84 Å². The molecule has 118 valence electrons. The van der Waals surface area contributed by atoms with Crippen LogP contribution in [-0.2, 0) is 0 Å². The van der Waals surface area contributed by atoms with Crippen LogP contribution in [0.4, 0.5) is 5.95 Å². The predicted octanol–water partition coefficient (Wildman–Crippen LogP) is 2.93. The summed E-state index contributed by atoms with van der Waals surface area (Å²) in [6, 6.07) is 1.83. The second kappa shape index (κ2) is 7.07. The van der Waals surface area contributed by atoms with Crippen LogP contribution in [0.1, 0.15) is 51.6 Å². The average molecular weight is 293 g/mol. The molecule has 0 radical (unpaired) electrons. The first-order valence-corrected chi connectivity index (χ1v) is 7.95. The van der Waals surface area contributed by atoms with Crippen molar-refractivity contribution in [2.24, 2.45) is 5.92 Å². The number of aliphatic hydroxyl groups is 1. The minimum Gasteiger partial charge on any atom is -0.478 e. The number of hydrogen-bond donors (Lipinski definition) is 2. The Morgan fingerprint density at radius 1 is 1.48 bits per heavy atom. The first-order chi connectivity index (χ1) is 10.0. The van der Waals surface area contributed by atoms with Crippen molar-refractivity contribution in [3.63, 3.8) is 0 Å². The Morgan fingerprint density at radius 3 is 3.00 bits per heavy atom. The fraction of sp³-hybridized carbons (Fsp3) is 0.750. The van der Waals surface area contributed by atoms with Gasteiger partial charge in [0.25, 0.3) is 0 Å². The lowest BCUT2D eigenvalue weighted by molar-refractivity contribution is -0.000913. The van der Waals surface area contributed by atoms with Gasteiger partial charge in [0.2, 0.25) is 11.8 Å². The van der Waals surface area contributed by atoms with Gasteiger partial charge < -0.3 is 15.2 Å². The maximum Gasteiger partial charge on any atom is 0.226 e. The highest BCUT2D eigenvalue weighted by atomic mass is 16.5. The van der Waals surface area contributed by atoms with Crippen molar-refractivity contribution in [1.82, 2.24) is 9.97 Å². The zero-order chi connectivity index (χ0) is 15.3. The van der Waals surface area contributed by atoms with E-state index in [1.54, 1.807) is 0 Å². The Balaban J connectivity index is 1.97. The van der Waals surface area contributed by atoms with Crippen LogP contribution >= 0.6 is 0 Å². The lowest BCUT2D eigenvalue weighted by atomic mass is 9.79. The first kappa shape index (κ1) is 16.0. The normalized spacial score (nSPS) is 25.6. The summed E-state index contributed by atoms with van der Waals surface area (Å²) in [6.45, 7) is 7.32. The monoisotopic (exact) mass is 293 g/mol. The molecular formula is C16H27N3O2. The molecule has 1 aromatic heterocycles. The molecule has 2 rings (SSSR count). The molecule has 1 heterocycles. The molecule has 5 heteroatoms. The van der Waals surface area contributed by atoms with E-state index in [4.69, 9.17) is 4.74 Å². The molecule has 1 saturated carbocycles. The van der Waals surface area contributed by atoms with Crippen molar-refractivity contribution in [2.75, 3.05) is 18.5 Å². The molecule has 0 spiro atoms. The molecule has 1 fully saturated rings. The summed E-state index contributed by atoms with van der Waals surface area (Å²) in [7, 11) is 0. The third-order valence-corrected chi connectivity index (χ3v) is 3.93. The van der Waals surface area contributed by atoms with Crippen LogP contribution in [0.15, 0.2) is 6.07 Å². The number of nitrogens with one attached hydrogen (secondary N) is 1. The van der Waals surface area contributed by atoms with Crippen molar-refractivity contribution in [3.8, 4) is 5.88 Å². The third kappa shape index (κ3) is 4.84. The van der Waals surface area contributed by atoms with Gasteiger partial charge >= 0.3 is 0 Å². The molecule has 0 saturated heterocycles. The van der Waals surface area contributed by atoms with Crippen molar-refractivity contribution >= 4 is 5.95 Å². The van der Waals surface area contributed by atoms with E-state index in [0.717, 1.165) is 31.4 Å². The Kier molecular flexibility index (Phi) is 5.39. The Morgan fingerprint density at radius 2 is 2.29 bits per heavy atom. The topological polar surface area (TPSA) is 67.3 Å². The lowest BCUT2D eigenvalue weighted by Crippen LogP contribution is -2.41. The number of nitrogens with zero attached hydrogens (tertiary/aromatic N) is 2. The van der Waals surface area contributed by atoms with Crippen LogP contribution in [-0.4, -0.2) is 33.8 Å². The second-order valence-electron chi connectivity index (χ2n) is 6.30. The van der Waals surface area contributed by atoms with Crippen LogP contribution in [0.5, 0.6) is 5.88 Å². The molecule has 1 aromatic rings. The van der Waals surface area contributed by atoms with Crippen LogP contribution < -0.4 is 10.1 Å². The Hall–Kier alpha value is -1.36. The van der Waals surface area contributed by atoms with E-state index in [-0.39, 0.29) is 0 Å². The third-order valence-electron chi connectivity index (χ3n) is 3.93. The molecule has 0 bridgehead atoms. The van der Waals surface area contributed by atoms with Crippen molar-refractivity contribution in [1.29, 1.82) is 0 Å². The second-order valence-corrected chi connectivity index (χ2v) is 6.30. The maximum absolute atomic E-state index is 10.6. The van der Waals surface area contributed by atoms with E-state index in [1.807, 2.05) is 13.0 Å². The van der Waals surface area contributed by atoms with Gasteiger partial charge in [-0.3, -0.25) is 0 Å². The molecule has 1 aliphatic rings. The highest BCUT2D eigenvalue weighted by molar-refractivity contribution is 5.31. The van der Waals surface area contributed by atoms with E-state index in [9.17, 15) is 5.11 Å².